The highest BCUT2D eigenvalue weighted by Crippen LogP contribution is 2.43. The van der Waals surface area contributed by atoms with E-state index in [0.29, 0.717) is 0 Å². The Morgan fingerprint density at radius 3 is 1.88 bits per heavy atom. The first-order chi connectivity index (χ1) is 12.3. The van der Waals surface area contributed by atoms with Crippen molar-refractivity contribution < 1.29 is 0 Å². The zero-order chi connectivity index (χ0) is 17.1. The molecule has 0 fully saturated rings. The van der Waals surface area contributed by atoms with E-state index in [4.69, 9.17) is 5.10 Å². The van der Waals surface area contributed by atoms with Crippen molar-refractivity contribution in [2.24, 2.45) is 5.10 Å². The molecule has 0 unspecified atom stereocenters. The summed E-state index contributed by atoms with van der Waals surface area (Å²) in [6.07, 6.45) is 3.00. The highest BCUT2D eigenvalue weighted by Gasteiger charge is 2.42. The first-order valence-electron chi connectivity index (χ1n) is 8.49. The van der Waals surface area contributed by atoms with Crippen LogP contribution in [0.1, 0.15) is 23.1 Å². The molecule has 3 aromatic carbocycles. The molecule has 0 aromatic heterocycles. The minimum absolute atomic E-state index is 0.420. The third-order valence-corrected chi connectivity index (χ3v) is 5.37. The van der Waals surface area contributed by atoms with E-state index in [1.165, 1.54) is 20.3 Å². The third kappa shape index (κ3) is 2.86. The second-order valence-electron chi connectivity index (χ2n) is 6.16. The Morgan fingerprint density at radius 2 is 1.36 bits per heavy atom. The molecule has 3 aromatic rings. The fourth-order valence-electron chi connectivity index (χ4n) is 3.67. The van der Waals surface area contributed by atoms with Gasteiger partial charge in [-0.1, -0.05) is 72.8 Å². The summed E-state index contributed by atoms with van der Waals surface area (Å²) >= 11 is 2.39. The minimum Gasteiger partial charge on any atom is -0.277 e. The second kappa shape index (κ2) is 7.00. The van der Waals surface area contributed by atoms with Gasteiger partial charge in [0.2, 0.25) is 0 Å². The quantitative estimate of drug-likeness (QED) is 0.400. The highest BCUT2D eigenvalue weighted by atomic mass is 127. The summed E-state index contributed by atoms with van der Waals surface area (Å²) in [5, 5.41) is 7.01. The fourth-order valence-corrected chi connectivity index (χ4v) is 4.21. The molecule has 2 nitrogen and oxygen atoms in total. The van der Waals surface area contributed by atoms with Crippen molar-refractivity contribution in [1.82, 2.24) is 5.01 Å². The number of hydrazone groups is 1. The van der Waals surface area contributed by atoms with Gasteiger partial charge in [0.1, 0.15) is 5.54 Å². The summed E-state index contributed by atoms with van der Waals surface area (Å²) in [5.74, 6) is 0. The summed E-state index contributed by atoms with van der Waals surface area (Å²) in [4.78, 5) is 0. The van der Waals surface area contributed by atoms with Crippen molar-refractivity contribution in [3.63, 3.8) is 0 Å². The van der Waals surface area contributed by atoms with Crippen LogP contribution in [0.5, 0.6) is 0 Å². The zero-order valence-corrected chi connectivity index (χ0v) is 16.0. The molecule has 0 spiro atoms. The molecule has 3 heteroatoms. The van der Waals surface area contributed by atoms with Crippen LogP contribution in [-0.2, 0) is 5.54 Å². The molecule has 124 valence electrons. The van der Waals surface area contributed by atoms with Crippen molar-refractivity contribution in [2.45, 2.75) is 12.0 Å². The van der Waals surface area contributed by atoms with E-state index in [2.05, 4.69) is 113 Å². The SMILES string of the molecule is Ic1cccc(C(c2ccccc2)(c2ccccc2)N2CCC=N2)c1. The average Bonchev–Trinajstić information content (AvgIpc) is 3.19. The molecule has 25 heavy (non-hydrogen) atoms. The summed E-state index contributed by atoms with van der Waals surface area (Å²) in [7, 11) is 0. The summed E-state index contributed by atoms with van der Waals surface area (Å²) in [6.45, 7) is 0.912. The molecule has 0 saturated carbocycles. The first-order valence-corrected chi connectivity index (χ1v) is 9.57. The molecule has 0 saturated heterocycles. The van der Waals surface area contributed by atoms with Crippen LogP contribution in [0.15, 0.2) is 90.0 Å². The second-order valence-corrected chi connectivity index (χ2v) is 7.41. The Morgan fingerprint density at radius 1 is 0.760 bits per heavy atom. The lowest BCUT2D eigenvalue weighted by Crippen LogP contribution is -2.44. The molecule has 1 heterocycles. The average molecular weight is 438 g/mol. The molecule has 0 bridgehead atoms. The Kier molecular flexibility index (Phi) is 4.57. The molecular weight excluding hydrogens is 419 g/mol. The van der Waals surface area contributed by atoms with E-state index >= 15 is 0 Å². The van der Waals surface area contributed by atoms with Crippen molar-refractivity contribution in [1.29, 1.82) is 0 Å². The van der Waals surface area contributed by atoms with Crippen molar-refractivity contribution >= 4 is 28.8 Å². The van der Waals surface area contributed by atoms with E-state index in [-0.39, 0.29) is 0 Å². The van der Waals surface area contributed by atoms with Gasteiger partial charge in [0.25, 0.3) is 0 Å². The number of hydrogen-bond donors (Lipinski definition) is 0. The first kappa shape index (κ1) is 16.3. The summed E-state index contributed by atoms with van der Waals surface area (Å²) in [6, 6.07) is 30.2. The third-order valence-electron chi connectivity index (χ3n) is 4.70. The Balaban J connectivity index is 2.06. The lowest BCUT2D eigenvalue weighted by molar-refractivity contribution is 0.183. The predicted molar refractivity (Wildman–Crippen MR) is 112 cm³/mol. The van der Waals surface area contributed by atoms with Crippen LogP contribution in [0.3, 0.4) is 0 Å². The van der Waals surface area contributed by atoms with Crippen LogP contribution in [0.4, 0.5) is 0 Å². The topological polar surface area (TPSA) is 15.6 Å². The van der Waals surface area contributed by atoms with Gasteiger partial charge in [0.15, 0.2) is 0 Å². The Bertz CT molecular complexity index is 835. The molecule has 4 rings (SSSR count). The van der Waals surface area contributed by atoms with E-state index in [0.717, 1.165) is 13.0 Å². The minimum atomic E-state index is -0.420. The highest BCUT2D eigenvalue weighted by molar-refractivity contribution is 14.1. The van der Waals surface area contributed by atoms with Gasteiger partial charge in [-0.25, -0.2) is 0 Å². The zero-order valence-electron chi connectivity index (χ0n) is 13.8. The van der Waals surface area contributed by atoms with Crippen molar-refractivity contribution in [3.8, 4) is 0 Å². The molecular formula is C22H19IN2. The molecule has 0 amide bonds. The van der Waals surface area contributed by atoms with Gasteiger partial charge in [0.05, 0.1) is 0 Å². The standard InChI is InChI=1S/C22H19IN2/c23-21-14-7-13-20(17-21)22(25-16-8-15-24-25,18-9-3-1-4-10-18)19-11-5-2-6-12-19/h1-7,9-15,17H,8,16H2. The smallest absolute Gasteiger partial charge is 0.133 e. The van der Waals surface area contributed by atoms with Gasteiger partial charge in [0, 0.05) is 22.8 Å². The van der Waals surface area contributed by atoms with E-state index in [1.807, 2.05) is 6.21 Å². The Labute approximate surface area is 162 Å². The van der Waals surface area contributed by atoms with Gasteiger partial charge in [-0.3, -0.25) is 5.01 Å². The largest absolute Gasteiger partial charge is 0.277 e. The number of nitrogens with zero attached hydrogens (tertiary/aromatic N) is 2. The molecule has 0 N–H and O–H groups in total. The van der Waals surface area contributed by atoms with Crippen LogP contribution in [-0.4, -0.2) is 17.8 Å². The van der Waals surface area contributed by atoms with E-state index in [1.54, 1.807) is 0 Å². The van der Waals surface area contributed by atoms with Gasteiger partial charge in [-0.05, 0) is 51.4 Å². The van der Waals surface area contributed by atoms with Gasteiger partial charge in [-0.2, -0.15) is 5.10 Å². The van der Waals surface area contributed by atoms with Gasteiger partial charge < -0.3 is 0 Å². The lowest BCUT2D eigenvalue weighted by Gasteiger charge is -2.42. The van der Waals surface area contributed by atoms with Gasteiger partial charge >= 0.3 is 0 Å². The maximum absolute atomic E-state index is 4.77. The van der Waals surface area contributed by atoms with Crippen LogP contribution in [0.2, 0.25) is 0 Å². The molecule has 0 radical (unpaired) electrons. The maximum Gasteiger partial charge on any atom is 0.133 e. The van der Waals surface area contributed by atoms with Gasteiger partial charge in [-0.15, -0.1) is 0 Å². The number of rotatable bonds is 4. The monoisotopic (exact) mass is 438 g/mol. The van der Waals surface area contributed by atoms with E-state index < -0.39 is 5.54 Å². The van der Waals surface area contributed by atoms with Crippen LogP contribution in [0, 0.1) is 3.57 Å². The van der Waals surface area contributed by atoms with E-state index in [9.17, 15) is 0 Å². The number of hydrogen-bond acceptors (Lipinski definition) is 2. The molecule has 0 atom stereocenters. The van der Waals surface area contributed by atoms with Crippen molar-refractivity contribution in [2.75, 3.05) is 6.54 Å². The maximum atomic E-state index is 4.77. The number of halogens is 1. The fraction of sp³-hybridized carbons (Fsp3) is 0.136. The normalized spacial score (nSPS) is 14.0. The molecule has 1 aliphatic heterocycles. The Hall–Kier alpha value is -2.14. The van der Waals surface area contributed by atoms with Crippen LogP contribution < -0.4 is 0 Å². The summed E-state index contributed by atoms with van der Waals surface area (Å²) in [5.41, 5.74) is 3.30. The number of benzene rings is 3. The van der Waals surface area contributed by atoms with Crippen LogP contribution >= 0.6 is 22.6 Å². The van der Waals surface area contributed by atoms with Crippen LogP contribution in [0.25, 0.3) is 0 Å². The molecule has 1 aliphatic rings. The lowest BCUT2D eigenvalue weighted by atomic mass is 9.76. The van der Waals surface area contributed by atoms with Crippen molar-refractivity contribution in [3.05, 3.63) is 105 Å². The molecule has 0 aliphatic carbocycles. The predicted octanol–water partition coefficient (Wildman–Crippen LogP) is 5.27. The summed E-state index contributed by atoms with van der Waals surface area (Å²) < 4.78 is 1.23.